The number of rotatable bonds is 2. The van der Waals surface area contributed by atoms with Crippen molar-refractivity contribution in [3.63, 3.8) is 0 Å². The maximum atomic E-state index is 11.9. The summed E-state index contributed by atoms with van der Waals surface area (Å²) < 4.78 is 0. The number of anilines is 1. The van der Waals surface area contributed by atoms with Gasteiger partial charge in [0.1, 0.15) is 0 Å². The van der Waals surface area contributed by atoms with Crippen LogP contribution in [0.2, 0.25) is 0 Å². The SMILES string of the molecule is CC1SC(C(=O)Nc2ccccc2)=CN1C. The number of nitrogens with zero attached hydrogens (tertiary/aromatic N) is 1. The second kappa shape index (κ2) is 4.61. The number of carbonyl (C=O) groups is 1. The van der Waals surface area contributed by atoms with Crippen LogP contribution in [-0.4, -0.2) is 23.2 Å². The maximum Gasteiger partial charge on any atom is 0.263 e. The van der Waals surface area contributed by atoms with Gasteiger partial charge in [-0.15, -0.1) is 0 Å². The third-order valence-electron chi connectivity index (χ3n) is 2.45. The first-order valence-electron chi connectivity index (χ1n) is 5.13. The van der Waals surface area contributed by atoms with Crippen LogP contribution < -0.4 is 5.32 Å². The lowest BCUT2D eigenvalue weighted by Crippen LogP contribution is -2.14. The molecule has 0 saturated carbocycles. The van der Waals surface area contributed by atoms with Crippen molar-refractivity contribution in [2.24, 2.45) is 0 Å². The first-order chi connectivity index (χ1) is 7.66. The zero-order valence-electron chi connectivity index (χ0n) is 9.31. The molecule has 0 aliphatic carbocycles. The third kappa shape index (κ3) is 2.39. The van der Waals surface area contributed by atoms with Gasteiger partial charge >= 0.3 is 0 Å². The molecule has 1 aromatic carbocycles. The van der Waals surface area contributed by atoms with E-state index in [2.05, 4.69) is 12.2 Å². The fraction of sp³-hybridized carbons (Fsp3) is 0.250. The number of hydrogen-bond acceptors (Lipinski definition) is 3. The van der Waals surface area contributed by atoms with Crippen LogP contribution in [0.15, 0.2) is 41.4 Å². The van der Waals surface area contributed by atoms with Gasteiger partial charge in [0.2, 0.25) is 0 Å². The first kappa shape index (κ1) is 11.1. The number of carbonyl (C=O) groups excluding carboxylic acids is 1. The van der Waals surface area contributed by atoms with Crippen molar-refractivity contribution in [2.75, 3.05) is 12.4 Å². The number of nitrogens with one attached hydrogen (secondary N) is 1. The number of hydrogen-bond donors (Lipinski definition) is 1. The molecule has 1 unspecified atom stereocenters. The summed E-state index contributed by atoms with van der Waals surface area (Å²) in [5, 5.41) is 3.20. The van der Waals surface area contributed by atoms with Crippen molar-refractivity contribution >= 4 is 23.4 Å². The summed E-state index contributed by atoms with van der Waals surface area (Å²) in [7, 11) is 1.97. The predicted octanol–water partition coefficient (Wildman–Crippen LogP) is 2.49. The minimum Gasteiger partial charge on any atom is -0.367 e. The zero-order chi connectivity index (χ0) is 11.5. The molecule has 0 aromatic heterocycles. The first-order valence-corrected chi connectivity index (χ1v) is 6.01. The molecule has 2 rings (SSSR count). The Hall–Kier alpha value is -1.42. The van der Waals surface area contributed by atoms with Crippen LogP contribution >= 0.6 is 11.8 Å². The highest BCUT2D eigenvalue weighted by atomic mass is 32.2. The van der Waals surface area contributed by atoms with Crippen LogP contribution in [0.3, 0.4) is 0 Å². The third-order valence-corrected chi connectivity index (χ3v) is 3.67. The Balaban J connectivity index is 2.03. The molecule has 1 amide bonds. The summed E-state index contributed by atoms with van der Waals surface area (Å²) in [6.45, 7) is 2.07. The van der Waals surface area contributed by atoms with E-state index in [9.17, 15) is 4.79 Å². The molecule has 3 nitrogen and oxygen atoms in total. The second-order valence-electron chi connectivity index (χ2n) is 3.70. The number of amides is 1. The van der Waals surface area contributed by atoms with Gasteiger partial charge in [0.15, 0.2) is 0 Å². The Morgan fingerprint density at radius 1 is 1.38 bits per heavy atom. The second-order valence-corrected chi connectivity index (χ2v) is 5.05. The van der Waals surface area contributed by atoms with Crippen molar-refractivity contribution in [3.8, 4) is 0 Å². The molecule has 0 radical (unpaired) electrons. The highest BCUT2D eigenvalue weighted by molar-refractivity contribution is 8.04. The smallest absolute Gasteiger partial charge is 0.263 e. The fourth-order valence-electron chi connectivity index (χ4n) is 1.41. The van der Waals surface area contributed by atoms with Gasteiger partial charge < -0.3 is 10.2 Å². The molecule has 1 aliphatic heterocycles. The molecule has 1 aliphatic rings. The molecule has 0 spiro atoms. The van der Waals surface area contributed by atoms with Crippen LogP contribution in [0.25, 0.3) is 0 Å². The van der Waals surface area contributed by atoms with Gasteiger partial charge in [-0.05, 0) is 19.1 Å². The van der Waals surface area contributed by atoms with E-state index in [1.54, 1.807) is 11.8 Å². The van der Waals surface area contributed by atoms with E-state index in [1.807, 2.05) is 48.5 Å². The molecule has 0 fully saturated rings. The molecule has 16 heavy (non-hydrogen) atoms. The monoisotopic (exact) mass is 234 g/mol. The number of thioether (sulfide) groups is 1. The van der Waals surface area contributed by atoms with Crippen molar-refractivity contribution in [1.82, 2.24) is 4.90 Å². The van der Waals surface area contributed by atoms with Gasteiger partial charge in [0.25, 0.3) is 5.91 Å². The Bertz CT molecular complexity index is 416. The van der Waals surface area contributed by atoms with Gasteiger partial charge in [0, 0.05) is 18.9 Å². The molecule has 0 saturated heterocycles. The fourth-order valence-corrected chi connectivity index (χ4v) is 2.39. The lowest BCUT2D eigenvalue weighted by atomic mass is 10.3. The van der Waals surface area contributed by atoms with Crippen molar-refractivity contribution in [3.05, 3.63) is 41.4 Å². The summed E-state index contributed by atoms with van der Waals surface area (Å²) in [6, 6.07) is 9.49. The molecule has 1 atom stereocenters. The zero-order valence-corrected chi connectivity index (χ0v) is 10.1. The maximum absolute atomic E-state index is 11.9. The lowest BCUT2D eigenvalue weighted by Gasteiger charge is -2.12. The van der Waals surface area contributed by atoms with E-state index in [0.717, 1.165) is 10.6 Å². The van der Waals surface area contributed by atoms with Crippen LogP contribution in [0.1, 0.15) is 6.92 Å². The Kier molecular flexibility index (Phi) is 3.19. The highest BCUT2D eigenvalue weighted by Gasteiger charge is 2.23. The van der Waals surface area contributed by atoms with Crippen LogP contribution in [0.4, 0.5) is 5.69 Å². The van der Waals surface area contributed by atoms with Crippen LogP contribution in [-0.2, 0) is 4.79 Å². The van der Waals surface area contributed by atoms with Crippen molar-refractivity contribution < 1.29 is 4.79 Å². The lowest BCUT2D eigenvalue weighted by molar-refractivity contribution is -0.112. The van der Waals surface area contributed by atoms with Crippen molar-refractivity contribution in [1.29, 1.82) is 0 Å². The predicted molar refractivity (Wildman–Crippen MR) is 68.0 cm³/mol. The van der Waals surface area contributed by atoms with E-state index in [1.165, 1.54) is 0 Å². The quantitative estimate of drug-likeness (QED) is 0.853. The van der Waals surface area contributed by atoms with E-state index < -0.39 is 0 Å². The highest BCUT2D eigenvalue weighted by Crippen LogP contribution is 2.31. The molecule has 4 heteroatoms. The van der Waals surface area contributed by atoms with Gasteiger partial charge in [-0.25, -0.2) is 0 Å². The summed E-state index contributed by atoms with van der Waals surface area (Å²) in [5.41, 5.74) is 0.830. The summed E-state index contributed by atoms with van der Waals surface area (Å²) in [4.78, 5) is 14.7. The number of benzene rings is 1. The number of para-hydroxylation sites is 1. The summed E-state index contributed by atoms with van der Waals surface area (Å²) in [5.74, 6) is -0.0348. The van der Waals surface area contributed by atoms with E-state index in [0.29, 0.717) is 5.37 Å². The summed E-state index contributed by atoms with van der Waals surface area (Å²) in [6.07, 6.45) is 1.88. The van der Waals surface area contributed by atoms with E-state index >= 15 is 0 Å². The minimum atomic E-state index is -0.0348. The Labute approximate surface area is 99.5 Å². The normalized spacial score (nSPS) is 19.5. The Morgan fingerprint density at radius 2 is 2.06 bits per heavy atom. The van der Waals surface area contributed by atoms with Gasteiger partial charge in [0.05, 0.1) is 10.3 Å². The van der Waals surface area contributed by atoms with Crippen LogP contribution in [0, 0.1) is 0 Å². The average molecular weight is 234 g/mol. The van der Waals surface area contributed by atoms with Gasteiger partial charge in [-0.1, -0.05) is 30.0 Å². The van der Waals surface area contributed by atoms with Gasteiger partial charge in [-0.3, -0.25) is 4.79 Å². The molecule has 1 N–H and O–H groups in total. The molecular weight excluding hydrogens is 220 g/mol. The van der Waals surface area contributed by atoms with E-state index in [-0.39, 0.29) is 5.91 Å². The van der Waals surface area contributed by atoms with E-state index in [4.69, 9.17) is 0 Å². The topological polar surface area (TPSA) is 32.3 Å². The molecule has 0 bridgehead atoms. The minimum absolute atomic E-state index is 0.0348. The molecular formula is C12H14N2OS. The van der Waals surface area contributed by atoms with Crippen LogP contribution in [0.5, 0.6) is 0 Å². The largest absolute Gasteiger partial charge is 0.367 e. The van der Waals surface area contributed by atoms with Gasteiger partial charge in [-0.2, -0.15) is 0 Å². The molecule has 1 aromatic rings. The summed E-state index contributed by atoms with van der Waals surface area (Å²) >= 11 is 1.58. The average Bonchev–Trinajstić information content (AvgIpc) is 2.61. The molecule has 84 valence electrons. The standard InChI is InChI=1S/C12H14N2OS/c1-9-14(2)8-11(16-9)12(15)13-10-6-4-3-5-7-10/h3-9H,1-2H3,(H,13,15). The van der Waals surface area contributed by atoms with Crippen molar-refractivity contribution in [2.45, 2.75) is 12.3 Å². The Morgan fingerprint density at radius 3 is 2.62 bits per heavy atom. The molecule has 1 heterocycles.